The Morgan fingerprint density at radius 2 is 1.22 bits per heavy atom. The van der Waals surface area contributed by atoms with Crippen LogP contribution in [0.4, 0.5) is 0 Å². The van der Waals surface area contributed by atoms with E-state index in [4.69, 9.17) is 24.0 Å². The fourth-order valence-corrected chi connectivity index (χ4v) is 9.36. The second kappa shape index (κ2) is 21.7. The molecule has 3 heterocycles. The standard InChI is InChI=1S/C25H32N2O5.C19H26N2O2.C6H6O3/c1-15-5-3-7-18(11-15)24-27-22(16(2)32-24)14-31-13-17-6-4-8-19(12-17)26-23(28)20-9-10-21(20)25(29)30;1-13-5-3-7-16(9-13)19-21-18(14(2)23-19)12-22-11-15-6-4-8-17(20)10-15;7-5-3-1-2-4(3)6(8)9-5/h3,5,7,11,17,19-21H,4,6,8-10,12-14H2,1-2H3,(H,26,28)(H,29,30);3,5,7,9,15,17H,4,6,8,10-12,20H2,1-2H3;3-4H,1-2H2. The van der Waals surface area contributed by atoms with Gasteiger partial charge < -0.3 is 39.2 Å². The molecule has 1 saturated heterocycles. The number of nitrogens with zero attached hydrogens (tertiary/aromatic N) is 2. The van der Waals surface area contributed by atoms with E-state index in [0.717, 1.165) is 97.6 Å². The number of hydrogen-bond donors (Lipinski definition) is 3. The van der Waals surface area contributed by atoms with E-state index in [1.807, 2.05) is 51.1 Å². The van der Waals surface area contributed by atoms with Crippen LogP contribution in [-0.4, -0.2) is 64.2 Å². The average Bonchev–Trinajstić information content (AvgIpc) is 3.84. The number of carbonyl (C=O) groups excluding carboxylic acids is 3. The third-order valence-electron chi connectivity index (χ3n) is 13.5. The second-order valence-corrected chi connectivity index (χ2v) is 18.5. The van der Waals surface area contributed by atoms with E-state index in [1.54, 1.807) is 0 Å². The third kappa shape index (κ3) is 12.1. The molecule has 8 atom stereocenters. The number of rotatable bonds is 13. The van der Waals surface area contributed by atoms with Crippen LogP contribution in [-0.2, 0) is 46.6 Å². The second-order valence-electron chi connectivity index (χ2n) is 18.5. The molecule has 2 aromatic carbocycles. The number of fused-ring (bicyclic) bond motifs is 1. The van der Waals surface area contributed by atoms with Crippen molar-refractivity contribution in [2.75, 3.05) is 13.2 Å². The lowest BCUT2D eigenvalue weighted by molar-refractivity contribution is -0.153. The van der Waals surface area contributed by atoms with Crippen molar-refractivity contribution in [3.63, 3.8) is 0 Å². The van der Waals surface area contributed by atoms with Gasteiger partial charge in [0.15, 0.2) is 0 Å². The van der Waals surface area contributed by atoms with Crippen molar-refractivity contribution in [2.24, 2.45) is 41.2 Å². The van der Waals surface area contributed by atoms with Gasteiger partial charge in [0.05, 0.1) is 36.9 Å². The lowest BCUT2D eigenvalue weighted by atomic mass is 9.73. The number of hydrogen-bond acceptors (Lipinski definition) is 12. The zero-order valence-corrected chi connectivity index (χ0v) is 37.6. The van der Waals surface area contributed by atoms with Crippen molar-refractivity contribution in [1.29, 1.82) is 0 Å². The smallest absolute Gasteiger partial charge is 0.317 e. The Morgan fingerprint density at radius 1 is 0.703 bits per heavy atom. The molecule has 344 valence electrons. The van der Waals surface area contributed by atoms with Crippen LogP contribution in [0.3, 0.4) is 0 Å². The number of carbonyl (C=O) groups is 4. The van der Waals surface area contributed by atoms with Gasteiger partial charge in [-0.15, -0.1) is 0 Å². The number of ether oxygens (including phenoxy) is 3. The van der Waals surface area contributed by atoms with E-state index >= 15 is 0 Å². The van der Waals surface area contributed by atoms with Crippen LogP contribution in [0.5, 0.6) is 0 Å². The number of esters is 2. The largest absolute Gasteiger partial charge is 0.481 e. The molecular formula is C50H64N4O10. The Kier molecular flexibility index (Phi) is 15.8. The number of aliphatic carboxylic acids is 1. The number of nitrogens with two attached hydrogens (primary N) is 1. The summed E-state index contributed by atoms with van der Waals surface area (Å²) >= 11 is 0. The molecule has 0 radical (unpaired) electrons. The van der Waals surface area contributed by atoms with Gasteiger partial charge in [-0.05, 0) is 128 Å². The Hall–Kier alpha value is -5.18. The molecule has 1 amide bonds. The van der Waals surface area contributed by atoms with E-state index in [1.165, 1.54) is 18.4 Å². The lowest BCUT2D eigenvalue weighted by Gasteiger charge is -2.35. The number of nitrogens with one attached hydrogen (secondary N) is 1. The Labute approximate surface area is 375 Å². The lowest BCUT2D eigenvalue weighted by Crippen LogP contribution is -2.48. The maximum atomic E-state index is 12.5. The van der Waals surface area contributed by atoms with Crippen LogP contribution in [0.2, 0.25) is 0 Å². The van der Waals surface area contributed by atoms with Crippen LogP contribution in [0.25, 0.3) is 22.9 Å². The third-order valence-corrected chi connectivity index (χ3v) is 13.5. The van der Waals surface area contributed by atoms with Gasteiger partial charge in [-0.3, -0.25) is 19.2 Å². The van der Waals surface area contributed by atoms with Crippen LogP contribution in [0.15, 0.2) is 57.4 Å². The molecule has 14 nitrogen and oxygen atoms in total. The molecule has 14 heteroatoms. The van der Waals surface area contributed by atoms with Crippen molar-refractivity contribution in [2.45, 2.75) is 130 Å². The summed E-state index contributed by atoms with van der Waals surface area (Å²) in [5.74, 6) is 1.22. The number of carboxylic acid groups (broad SMARTS) is 1. The number of aryl methyl sites for hydroxylation is 4. The first-order valence-corrected chi connectivity index (χ1v) is 23.1. The molecule has 0 bridgehead atoms. The Bertz CT molecular complexity index is 2230. The molecule has 5 fully saturated rings. The molecule has 9 rings (SSSR count). The van der Waals surface area contributed by atoms with Gasteiger partial charge in [0.1, 0.15) is 22.9 Å². The minimum absolute atomic E-state index is 0.0718. The van der Waals surface area contributed by atoms with Gasteiger partial charge >= 0.3 is 17.9 Å². The van der Waals surface area contributed by atoms with Crippen LogP contribution in [0, 0.1) is 63.2 Å². The van der Waals surface area contributed by atoms with Crippen molar-refractivity contribution >= 4 is 23.8 Å². The van der Waals surface area contributed by atoms with Crippen molar-refractivity contribution in [3.8, 4) is 22.9 Å². The molecular weight excluding hydrogens is 817 g/mol. The predicted octanol–water partition coefficient (Wildman–Crippen LogP) is 8.35. The van der Waals surface area contributed by atoms with E-state index in [2.05, 4.69) is 45.1 Å². The van der Waals surface area contributed by atoms with E-state index in [-0.39, 0.29) is 41.6 Å². The van der Waals surface area contributed by atoms with Gasteiger partial charge in [0.2, 0.25) is 17.7 Å². The first kappa shape index (κ1) is 46.8. The summed E-state index contributed by atoms with van der Waals surface area (Å²) in [6.07, 6.45) is 11.5. The van der Waals surface area contributed by atoms with Gasteiger partial charge in [0, 0.05) is 36.4 Å². The maximum Gasteiger partial charge on any atom is 0.317 e. The van der Waals surface area contributed by atoms with Gasteiger partial charge in [-0.1, -0.05) is 48.2 Å². The highest BCUT2D eigenvalue weighted by Crippen LogP contribution is 2.41. The summed E-state index contributed by atoms with van der Waals surface area (Å²) in [5.41, 5.74) is 12.1. The van der Waals surface area contributed by atoms with Gasteiger partial charge in [-0.25, -0.2) is 9.97 Å². The van der Waals surface area contributed by atoms with Crippen molar-refractivity contribution < 1.29 is 47.3 Å². The van der Waals surface area contributed by atoms with Crippen molar-refractivity contribution in [3.05, 3.63) is 82.6 Å². The topological polar surface area (TPSA) is 206 Å². The van der Waals surface area contributed by atoms with E-state index in [9.17, 15) is 24.3 Å². The van der Waals surface area contributed by atoms with Gasteiger partial charge in [-0.2, -0.15) is 0 Å². The Balaban J connectivity index is 0.000000165. The summed E-state index contributed by atoms with van der Waals surface area (Å²) in [6.45, 7) is 10.2. The summed E-state index contributed by atoms with van der Waals surface area (Å²) in [6, 6.07) is 16.7. The van der Waals surface area contributed by atoms with Crippen LogP contribution >= 0.6 is 0 Å². The molecule has 4 aromatic rings. The minimum atomic E-state index is -0.861. The SMILES string of the molecule is Cc1cccc(-c2nc(COCC3CCCC(N)C3)c(C)o2)c1.Cc1cccc(-c2nc(COCC3CCCC(NC(=O)C4CCC4C(=O)O)C3)c(C)o2)c1.O=C1OC(=O)C2CCC12. The normalized spacial score (nSPS) is 25.9. The minimum Gasteiger partial charge on any atom is -0.481 e. The molecule has 4 saturated carbocycles. The van der Waals surface area contributed by atoms with Crippen LogP contribution in [0.1, 0.15) is 111 Å². The average molecular weight is 881 g/mol. The summed E-state index contributed by atoms with van der Waals surface area (Å²) in [5, 5.41) is 12.3. The first-order valence-electron chi connectivity index (χ1n) is 23.1. The molecule has 64 heavy (non-hydrogen) atoms. The van der Waals surface area contributed by atoms with Crippen molar-refractivity contribution in [1.82, 2.24) is 15.3 Å². The molecule has 1 aliphatic heterocycles. The summed E-state index contributed by atoms with van der Waals surface area (Å²) in [7, 11) is 0. The zero-order valence-electron chi connectivity index (χ0n) is 37.6. The van der Waals surface area contributed by atoms with Crippen LogP contribution < -0.4 is 11.1 Å². The fraction of sp³-hybridized carbons (Fsp3) is 0.560. The first-order chi connectivity index (χ1) is 30.8. The molecule has 4 N–H and O–H groups in total. The highest BCUT2D eigenvalue weighted by molar-refractivity contribution is 5.97. The summed E-state index contributed by atoms with van der Waals surface area (Å²) < 4.78 is 27.9. The highest BCUT2D eigenvalue weighted by Gasteiger charge is 2.50. The Morgan fingerprint density at radius 3 is 1.67 bits per heavy atom. The molecule has 5 aliphatic rings. The monoisotopic (exact) mass is 880 g/mol. The number of benzene rings is 2. The number of amides is 1. The molecule has 2 aromatic heterocycles. The quantitative estimate of drug-likeness (QED) is 0.0854. The molecule has 8 unspecified atom stereocenters. The molecule has 0 spiro atoms. The number of aromatic nitrogens is 2. The number of cyclic esters (lactones) is 2. The molecule has 4 aliphatic carbocycles. The fourth-order valence-electron chi connectivity index (χ4n) is 9.36. The van der Waals surface area contributed by atoms with E-state index < -0.39 is 11.9 Å². The number of oxazole rings is 2. The zero-order chi connectivity index (χ0) is 45.3. The predicted molar refractivity (Wildman–Crippen MR) is 237 cm³/mol. The van der Waals surface area contributed by atoms with Gasteiger partial charge in [0.25, 0.3) is 0 Å². The maximum absolute atomic E-state index is 12.5. The highest BCUT2D eigenvalue weighted by atomic mass is 16.6. The number of carboxylic acids is 1. The summed E-state index contributed by atoms with van der Waals surface area (Å²) in [4.78, 5) is 54.1. The van der Waals surface area contributed by atoms with E-state index in [0.29, 0.717) is 62.3 Å².